The molecule has 0 bridgehead atoms. The van der Waals surface area contributed by atoms with Crippen LogP contribution in [0.4, 0.5) is 5.13 Å². The molecule has 10 heteroatoms. The Hall–Kier alpha value is -2.04. The molecule has 4 rings (SSSR count). The molecule has 0 N–H and O–H groups in total. The summed E-state index contributed by atoms with van der Waals surface area (Å²) >= 11 is 7.77. The van der Waals surface area contributed by atoms with Crippen molar-refractivity contribution in [2.24, 2.45) is 0 Å². The number of carbonyl (C=O) groups is 1. The Morgan fingerprint density at radius 2 is 1.86 bits per heavy atom. The largest absolute Gasteiger partial charge is 0.379 e. The summed E-state index contributed by atoms with van der Waals surface area (Å²) in [4.78, 5) is 22.3. The van der Waals surface area contributed by atoms with Gasteiger partial charge in [0.1, 0.15) is 0 Å². The summed E-state index contributed by atoms with van der Waals surface area (Å²) in [6.45, 7) is 8.33. The molecule has 2 aromatic carbocycles. The lowest BCUT2D eigenvalue weighted by Gasteiger charge is -2.27. The first kappa shape index (κ1) is 26.0. The van der Waals surface area contributed by atoms with Crippen molar-refractivity contribution in [2.45, 2.75) is 31.6 Å². The van der Waals surface area contributed by atoms with E-state index in [1.54, 1.807) is 29.2 Å². The highest BCUT2D eigenvalue weighted by atomic mass is 35.5. The molecule has 1 aromatic heterocycles. The maximum Gasteiger partial charge on any atom is 0.229 e. The number of hydrogen-bond donors (Lipinski definition) is 0. The average molecular weight is 536 g/mol. The third kappa shape index (κ3) is 6.40. The van der Waals surface area contributed by atoms with Crippen LogP contribution in [0.15, 0.2) is 41.3 Å². The SMILES string of the molecule is Cc1ccc(S(=O)(=O)CCC(=O)N(CCCN2CCOCC2)c2nc3c(C)ccc(Cl)c3s2)cc1. The summed E-state index contributed by atoms with van der Waals surface area (Å²) in [6.07, 6.45) is 0.634. The number of sulfone groups is 1. The predicted octanol–water partition coefficient (Wildman–Crippen LogP) is 4.49. The topological polar surface area (TPSA) is 79.8 Å². The Morgan fingerprint density at radius 3 is 2.54 bits per heavy atom. The Bertz CT molecular complexity index is 1250. The van der Waals surface area contributed by atoms with Crippen LogP contribution in [-0.4, -0.2) is 69.4 Å². The van der Waals surface area contributed by atoms with Crippen LogP contribution in [0.2, 0.25) is 5.02 Å². The van der Waals surface area contributed by atoms with Gasteiger partial charge in [-0.05, 0) is 44.0 Å². The first-order valence-electron chi connectivity index (χ1n) is 11.7. The number of nitrogens with zero attached hydrogens (tertiary/aromatic N) is 3. The molecule has 0 unspecified atom stereocenters. The van der Waals surface area contributed by atoms with Gasteiger partial charge in [-0.1, -0.05) is 46.7 Å². The van der Waals surface area contributed by atoms with Crippen molar-refractivity contribution in [2.75, 3.05) is 50.0 Å². The molecule has 1 saturated heterocycles. The molecule has 0 radical (unpaired) electrons. The van der Waals surface area contributed by atoms with Gasteiger partial charge in [0.15, 0.2) is 15.0 Å². The molecule has 0 aliphatic carbocycles. The molecule has 1 amide bonds. The third-order valence-electron chi connectivity index (χ3n) is 6.14. The van der Waals surface area contributed by atoms with E-state index in [1.165, 1.54) is 11.3 Å². The molecule has 1 fully saturated rings. The highest BCUT2D eigenvalue weighted by Crippen LogP contribution is 2.36. The van der Waals surface area contributed by atoms with Crippen molar-refractivity contribution in [3.05, 3.63) is 52.5 Å². The number of carbonyl (C=O) groups excluding carboxylic acids is 1. The van der Waals surface area contributed by atoms with Crippen molar-refractivity contribution in [1.82, 2.24) is 9.88 Å². The van der Waals surface area contributed by atoms with E-state index in [9.17, 15) is 13.2 Å². The zero-order chi connectivity index (χ0) is 25.0. The van der Waals surface area contributed by atoms with Crippen LogP contribution in [0.25, 0.3) is 10.2 Å². The minimum atomic E-state index is -3.57. The van der Waals surface area contributed by atoms with Crippen LogP contribution in [-0.2, 0) is 19.4 Å². The van der Waals surface area contributed by atoms with Gasteiger partial charge in [0.05, 0.1) is 39.1 Å². The van der Waals surface area contributed by atoms with Crippen molar-refractivity contribution >= 4 is 54.0 Å². The Kier molecular flexibility index (Phi) is 8.44. The second-order valence-corrected chi connectivity index (χ2v) is 12.3. The van der Waals surface area contributed by atoms with Crippen molar-refractivity contribution < 1.29 is 17.9 Å². The number of fused-ring (bicyclic) bond motifs is 1. The zero-order valence-electron chi connectivity index (χ0n) is 20.0. The van der Waals surface area contributed by atoms with Crippen molar-refractivity contribution in [3.8, 4) is 0 Å². The Morgan fingerprint density at radius 1 is 1.14 bits per heavy atom. The minimum Gasteiger partial charge on any atom is -0.379 e. The van der Waals surface area contributed by atoms with Gasteiger partial charge in [0.25, 0.3) is 0 Å². The molecule has 2 heterocycles. The number of thiazole rings is 1. The zero-order valence-corrected chi connectivity index (χ0v) is 22.4. The number of amides is 1. The predicted molar refractivity (Wildman–Crippen MR) is 141 cm³/mol. The van der Waals surface area contributed by atoms with E-state index in [0.717, 1.165) is 60.6 Å². The summed E-state index contributed by atoms with van der Waals surface area (Å²) in [7, 11) is -3.57. The van der Waals surface area contributed by atoms with Crippen LogP contribution in [0, 0.1) is 13.8 Å². The van der Waals surface area contributed by atoms with E-state index in [0.29, 0.717) is 16.7 Å². The monoisotopic (exact) mass is 535 g/mol. The van der Waals surface area contributed by atoms with Gasteiger partial charge in [-0.15, -0.1) is 0 Å². The van der Waals surface area contributed by atoms with Gasteiger partial charge in [0.2, 0.25) is 5.91 Å². The highest BCUT2D eigenvalue weighted by Gasteiger charge is 2.24. The molecule has 3 aromatic rings. The maximum atomic E-state index is 13.4. The molecule has 7 nitrogen and oxygen atoms in total. The average Bonchev–Trinajstić information content (AvgIpc) is 3.30. The van der Waals surface area contributed by atoms with Crippen molar-refractivity contribution in [1.29, 1.82) is 0 Å². The van der Waals surface area contributed by atoms with Gasteiger partial charge >= 0.3 is 0 Å². The molecule has 0 spiro atoms. The maximum absolute atomic E-state index is 13.4. The number of rotatable bonds is 9. The lowest BCUT2D eigenvalue weighted by atomic mass is 10.2. The van der Waals surface area contributed by atoms with E-state index in [4.69, 9.17) is 21.3 Å². The number of hydrogen-bond acceptors (Lipinski definition) is 7. The number of morpholine rings is 1. The first-order valence-corrected chi connectivity index (χ1v) is 14.5. The van der Waals surface area contributed by atoms with Gasteiger partial charge in [-0.3, -0.25) is 14.6 Å². The number of aromatic nitrogens is 1. The van der Waals surface area contributed by atoms with Crippen LogP contribution in [0.5, 0.6) is 0 Å². The van der Waals surface area contributed by atoms with E-state index in [2.05, 4.69) is 4.90 Å². The Labute approximate surface area is 215 Å². The second-order valence-electron chi connectivity index (χ2n) is 8.77. The molecule has 35 heavy (non-hydrogen) atoms. The Balaban J connectivity index is 1.52. The van der Waals surface area contributed by atoms with Crippen LogP contribution >= 0.6 is 22.9 Å². The third-order valence-corrected chi connectivity index (χ3v) is 9.41. The number of anilines is 1. The number of halogens is 1. The number of benzene rings is 2. The summed E-state index contributed by atoms with van der Waals surface area (Å²) in [5.41, 5.74) is 2.74. The molecule has 1 aliphatic rings. The van der Waals surface area contributed by atoms with Gasteiger partial charge < -0.3 is 4.74 Å². The van der Waals surface area contributed by atoms with Crippen LogP contribution in [0.1, 0.15) is 24.0 Å². The fourth-order valence-corrected chi connectivity index (χ4v) is 6.62. The highest BCUT2D eigenvalue weighted by molar-refractivity contribution is 7.91. The summed E-state index contributed by atoms with van der Waals surface area (Å²) in [5, 5.41) is 1.15. The normalized spacial score (nSPS) is 14.9. The smallest absolute Gasteiger partial charge is 0.229 e. The fourth-order valence-electron chi connectivity index (χ4n) is 4.03. The van der Waals surface area contributed by atoms with E-state index in [1.807, 2.05) is 26.0 Å². The number of aryl methyl sites for hydroxylation is 2. The summed E-state index contributed by atoms with van der Waals surface area (Å²) in [6, 6.07) is 10.5. The standard InChI is InChI=1S/C25H30ClN3O4S2/c1-18-4-7-20(8-5-18)35(31,32)17-10-22(30)29(12-3-11-28-13-15-33-16-14-28)25-27-23-19(2)6-9-21(26)24(23)34-25/h4-9H,3,10-17H2,1-2H3. The molecule has 0 atom stereocenters. The van der Waals surface area contributed by atoms with Crippen molar-refractivity contribution in [3.63, 3.8) is 0 Å². The summed E-state index contributed by atoms with van der Waals surface area (Å²) in [5.74, 6) is -0.505. The lowest BCUT2D eigenvalue weighted by Crippen LogP contribution is -2.39. The second kappa shape index (κ2) is 11.3. The number of ether oxygens (including phenoxy) is 1. The van der Waals surface area contributed by atoms with Crippen LogP contribution in [0.3, 0.4) is 0 Å². The van der Waals surface area contributed by atoms with Gasteiger partial charge in [-0.2, -0.15) is 0 Å². The molecule has 1 aliphatic heterocycles. The molecule has 188 valence electrons. The molecule has 0 saturated carbocycles. The van der Waals surface area contributed by atoms with E-state index in [-0.39, 0.29) is 23.0 Å². The first-order chi connectivity index (χ1) is 16.7. The van der Waals surface area contributed by atoms with E-state index >= 15 is 0 Å². The van der Waals surface area contributed by atoms with Gasteiger partial charge in [-0.25, -0.2) is 13.4 Å². The molecular weight excluding hydrogens is 506 g/mol. The quantitative estimate of drug-likeness (QED) is 0.402. The lowest BCUT2D eigenvalue weighted by molar-refractivity contribution is -0.118. The van der Waals surface area contributed by atoms with Gasteiger partial charge in [0, 0.05) is 32.6 Å². The molecular formula is C25H30ClN3O4S2. The van der Waals surface area contributed by atoms with Crippen LogP contribution < -0.4 is 4.90 Å². The summed E-state index contributed by atoms with van der Waals surface area (Å²) < 4.78 is 31.9. The van der Waals surface area contributed by atoms with E-state index < -0.39 is 9.84 Å². The fraction of sp³-hybridized carbons (Fsp3) is 0.440. The minimum absolute atomic E-state index is 0.115.